The van der Waals surface area contributed by atoms with Crippen LogP contribution in [0.15, 0.2) is 91.0 Å². The molecule has 0 radical (unpaired) electrons. The standard InChI is InChI=1S/C38H45NO14/c1-23(41)46-22-29-32(53-37-35(50-24(2)42)34(31(43)28(18-40)52-37)48-20-26-14-8-4-9-15-26)33(47-19-25-12-6-3-7-13-25)30(36(44)51-29)39-38(45)49-21-27-16-10-5-11-17-27/h3-17,28-37,40,43-44H,18-22H2,1-2H3,(H,39,45)/t28-,29+,30+,31+,32+,33+,34-,35+,36-,37+/m0/s1. The van der Waals surface area contributed by atoms with Crippen LogP contribution in [-0.4, -0.2) is 108 Å². The molecule has 2 fully saturated rings. The van der Waals surface area contributed by atoms with Gasteiger partial charge in [-0.1, -0.05) is 91.0 Å². The summed E-state index contributed by atoms with van der Waals surface area (Å²) in [5, 5.41) is 35.3. The van der Waals surface area contributed by atoms with Crippen LogP contribution < -0.4 is 5.32 Å². The maximum absolute atomic E-state index is 13.1. The number of benzene rings is 3. The Balaban J connectivity index is 1.46. The van der Waals surface area contributed by atoms with Gasteiger partial charge in [0.2, 0.25) is 0 Å². The third kappa shape index (κ3) is 11.3. The number of carbonyl (C=O) groups is 3. The number of aliphatic hydroxyl groups is 3. The van der Waals surface area contributed by atoms with E-state index in [4.69, 9.17) is 37.9 Å². The van der Waals surface area contributed by atoms with Gasteiger partial charge in [-0.25, -0.2) is 4.79 Å². The first kappa shape index (κ1) is 39.8. The minimum Gasteiger partial charge on any atom is -0.463 e. The summed E-state index contributed by atoms with van der Waals surface area (Å²) < 4.78 is 47.2. The van der Waals surface area contributed by atoms with Crippen LogP contribution >= 0.6 is 0 Å². The van der Waals surface area contributed by atoms with Gasteiger partial charge in [0, 0.05) is 13.8 Å². The first-order chi connectivity index (χ1) is 25.6. The smallest absolute Gasteiger partial charge is 0.407 e. The number of rotatable bonds is 15. The van der Waals surface area contributed by atoms with E-state index in [1.165, 1.54) is 6.92 Å². The van der Waals surface area contributed by atoms with E-state index in [0.717, 1.165) is 23.6 Å². The van der Waals surface area contributed by atoms with Gasteiger partial charge in [-0.3, -0.25) is 9.59 Å². The zero-order chi connectivity index (χ0) is 37.7. The Morgan fingerprint density at radius 3 is 1.74 bits per heavy atom. The third-order valence-electron chi connectivity index (χ3n) is 8.58. The van der Waals surface area contributed by atoms with E-state index in [0.29, 0.717) is 0 Å². The number of amides is 1. The molecule has 0 saturated carbocycles. The van der Waals surface area contributed by atoms with Crippen LogP contribution in [0.2, 0.25) is 0 Å². The molecule has 0 unspecified atom stereocenters. The summed E-state index contributed by atoms with van der Waals surface area (Å²) in [6.07, 6.45) is -13.4. The fourth-order valence-electron chi connectivity index (χ4n) is 6.02. The minimum atomic E-state index is -1.72. The van der Waals surface area contributed by atoms with E-state index in [2.05, 4.69) is 5.32 Å². The van der Waals surface area contributed by atoms with Crippen LogP contribution in [0.4, 0.5) is 4.79 Å². The number of alkyl carbamates (subject to hydrolysis) is 1. The van der Waals surface area contributed by atoms with Gasteiger partial charge in [-0.2, -0.15) is 0 Å². The van der Waals surface area contributed by atoms with Crippen molar-refractivity contribution in [2.75, 3.05) is 13.2 Å². The van der Waals surface area contributed by atoms with Gasteiger partial charge >= 0.3 is 18.0 Å². The zero-order valence-electron chi connectivity index (χ0n) is 29.3. The third-order valence-corrected chi connectivity index (χ3v) is 8.58. The highest BCUT2D eigenvalue weighted by Crippen LogP contribution is 2.33. The molecular formula is C38H45NO14. The van der Waals surface area contributed by atoms with Gasteiger partial charge in [0.15, 0.2) is 18.7 Å². The molecule has 0 spiro atoms. The first-order valence-electron chi connectivity index (χ1n) is 17.1. The van der Waals surface area contributed by atoms with Gasteiger partial charge in [0.05, 0.1) is 19.8 Å². The molecule has 15 heteroatoms. The van der Waals surface area contributed by atoms with E-state index < -0.39 is 92.6 Å². The van der Waals surface area contributed by atoms with Crippen molar-refractivity contribution in [1.29, 1.82) is 0 Å². The predicted molar refractivity (Wildman–Crippen MR) is 183 cm³/mol. The number of esters is 2. The van der Waals surface area contributed by atoms with Gasteiger partial charge in [-0.15, -0.1) is 0 Å². The second kappa shape index (κ2) is 19.6. The lowest BCUT2D eigenvalue weighted by Gasteiger charge is -2.48. The summed E-state index contributed by atoms with van der Waals surface area (Å²) in [6.45, 7) is 1.14. The summed E-state index contributed by atoms with van der Waals surface area (Å²) in [6, 6.07) is 25.7. The molecule has 2 heterocycles. The number of aliphatic hydroxyl groups excluding tert-OH is 3. The molecule has 2 aliphatic rings. The number of hydrogen-bond donors (Lipinski definition) is 4. The van der Waals surface area contributed by atoms with Crippen molar-refractivity contribution in [3.05, 3.63) is 108 Å². The normalized spacial score (nSPS) is 28.4. The topological polar surface area (TPSA) is 198 Å². The van der Waals surface area contributed by atoms with Crippen molar-refractivity contribution >= 4 is 18.0 Å². The summed E-state index contributed by atoms with van der Waals surface area (Å²) in [7, 11) is 0. The Morgan fingerprint density at radius 1 is 0.660 bits per heavy atom. The molecular weight excluding hydrogens is 694 g/mol. The molecule has 15 nitrogen and oxygen atoms in total. The summed E-state index contributed by atoms with van der Waals surface area (Å²) in [5.74, 6) is -1.41. The van der Waals surface area contributed by atoms with Crippen LogP contribution in [0.25, 0.3) is 0 Å². The van der Waals surface area contributed by atoms with E-state index in [9.17, 15) is 29.7 Å². The number of hydrogen-bond acceptors (Lipinski definition) is 14. The van der Waals surface area contributed by atoms with Crippen molar-refractivity contribution < 1.29 is 67.6 Å². The van der Waals surface area contributed by atoms with Crippen LogP contribution in [0.1, 0.15) is 30.5 Å². The summed E-state index contributed by atoms with van der Waals surface area (Å²) in [4.78, 5) is 37.5. The predicted octanol–water partition coefficient (Wildman–Crippen LogP) is 2.13. The average Bonchev–Trinajstić information content (AvgIpc) is 3.16. The molecule has 5 rings (SSSR count). The van der Waals surface area contributed by atoms with Gasteiger partial charge in [0.1, 0.15) is 55.9 Å². The van der Waals surface area contributed by atoms with Crippen molar-refractivity contribution in [3.63, 3.8) is 0 Å². The van der Waals surface area contributed by atoms with Crippen LogP contribution in [0, 0.1) is 0 Å². The van der Waals surface area contributed by atoms with E-state index >= 15 is 0 Å². The number of nitrogens with one attached hydrogen (secondary N) is 1. The average molecular weight is 740 g/mol. The van der Waals surface area contributed by atoms with Crippen LogP contribution in [0.3, 0.4) is 0 Å². The highest BCUT2D eigenvalue weighted by atomic mass is 16.7. The first-order valence-corrected chi connectivity index (χ1v) is 17.1. The monoisotopic (exact) mass is 739 g/mol. The Labute approximate surface area is 306 Å². The lowest BCUT2D eigenvalue weighted by Crippen LogP contribution is -2.68. The van der Waals surface area contributed by atoms with Crippen molar-refractivity contribution in [3.8, 4) is 0 Å². The molecule has 0 aliphatic carbocycles. The molecule has 0 bridgehead atoms. The lowest BCUT2D eigenvalue weighted by molar-refractivity contribution is -0.353. The fourth-order valence-corrected chi connectivity index (χ4v) is 6.02. The second-order valence-corrected chi connectivity index (χ2v) is 12.5. The Hall–Kier alpha value is -4.45. The van der Waals surface area contributed by atoms with Crippen molar-refractivity contribution in [2.24, 2.45) is 0 Å². The Bertz CT molecular complexity index is 1580. The summed E-state index contributed by atoms with van der Waals surface area (Å²) in [5.41, 5.74) is 2.21. The molecule has 3 aromatic rings. The number of carbonyl (C=O) groups excluding carboxylic acids is 3. The highest BCUT2D eigenvalue weighted by Gasteiger charge is 2.54. The SMILES string of the molecule is CC(=O)OC[C@H]1O[C@H](O)[C@H](NC(=O)OCc2ccccc2)[C@@H](OCc2ccccc2)[C@@H]1O[C@H]1O[C@@H](CO)[C@@H](O)[C@H](OCc2ccccc2)[C@H]1OC(C)=O. The fraction of sp³-hybridized carbons (Fsp3) is 0.447. The number of ether oxygens (including phenoxy) is 8. The molecule has 53 heavy (non-hydrogen) atoms. The summed E-state index contributed by atoms with van der Waals surface area (Å²) >= 11 is 0. The Kier molecular flexibility index (Phi) is 14.7. The highest BCUT2D eigenvalue weighted by molar-refractivity contribution is 5.68. The maximum atomic E-state index is 13.1. The molecule has 4 N–H and O–H groups in total. The zero-order valence-corrected chi connectivity index (χ0v) is 29.3. The Morgan fingerprint density at radius 2 is 1.21 bits per heavy atom. The van der Waals surface area contributed by atoms with E-state index in [1.807, 2.05) is 30.3 Å². The van der Waals surface area contributed by atoms with Gasteiger partial charge in [0.25, 0.3) is 0 Å². The maximum Gasteiger partial charge on any atom is 0.407 e. The molecule has 2 aliphatic heterocycles. The second-order valence-electron chi connectivity index (χ2n) is 12.5. The molecule has 1 amide bonds. The van der Waals surface area contributed by atoms with Gasteiger partial charge < -0.3 is 58.5 Å². The van der Waals surface area contributed by atoms with Crippen LogP contribution in [-0.2, 0) is 67.3 Å². The molecule has 3 aromatic carbocycles. The molecule has 2 saturated heterocycles. The largest absolute Gasteiger partial charge is 0.463 e. The molecule has 286 valence electrons. The lowest BCUT2D eigenvalue weighted by atomic mass is 9.95. The van der Waals surface area contributed by atoms with Crippen molar-refractivity contribution in [2.45, 2.75) is 95.0 Å². The van der Waals surface area contributed by atoms with Crippen LogP contribution in [0.5, 0.6) is 0 Å². The van der Waals surface area contributed by atoms with E-state index in [1.54, 1.807) is 60.7 Å². The van der Waals surface area contributed by atoms with Gasteiger partial charge in [-0.05, 0) is 16.7 Å². The van der Waals surface area contributed by atoms with E-state index in [-0.39, 0.29) is 19.8 Å². The minimum absolute atomic E-state index is 0.00108. The quantitative estimate of drug-likeness (QED) is 0.131. The van der Waals surface area contributed by atoms with Crippen molar-refractivity contribution in [1.82, 2.24) is 5.32 Å². The molecule has 0 aromatic heterocycles. The molecule has 10 atom stereocenters.